The topological polar surface area (TPSA) is 68.5 Å². The number of methoxy groups -OCH3 is 1. The molecule has 1 aromatic carbocycles. The van der Waals surface area contributed by atoms with Crippen LogP contribution in [0.2, 0.25) is 0 Å². The largest absolute Gasteiger partial charge is 0.481 e. The number of hydrogen-bond donors (Lipinski definition) is 1. The van der Waals surface area contributed by atoms with E-state index < -0.39 is 18.0 Å². The molecule has 0 spiro atoms. The fraction of sp³-hybridized carbons (Fsp3) is 0.444. The lowest BCUT2D eigenvalue weighted by molar-refractivity contribution is -0.139. The van der Waals surface area contributed by atoms with Crippen LogP contribution in [0.5, 0.6) is 0 Å². The van der Waals surface area contributed by atoms with Crippen molar-refractivity contribution < 1.29 is 19.4 Å². The number of hydrogen-bond acceptors (Lipinski definition) is 3. The Kier molecular flexibility index (Phi) is 5.42. The molecule has 5 nitrogen and oxygen atoms in total. The van der Waals surface area contributed by atoms with Gasteiger partial charge in [0.05, 0.1) is 18.5 Å². The number of carbonyl (C=O) groups excluding carboxylic acids is 1. The van der Waals surface area contributed by atoms with Crippen molar-refractivity contribution in [2.45, 2.75) is 39.0 Å². The lowest BCUT2D eigenvalue weighted by Crippen LogP contribution is -2.15. The monoisotopic (exact) mass is 317 g/mol. The fourth-order valence-corrected chi connectivity index (χ4v) is 3.11. The van der Waals surface area contributed by atoms with E-state index in [4.69, 9.17) is 4.74 Å². The van der Waals surface area contributed by atoms with Gasteiger partial charge in [0.25, 0.3) is 0 Å². The predicted octanol–water partition coefficient (Wildman–Crippen LogP) is 4.25. The van der Waals surface area contributed by atoms with Crippen molar-refractivity contribution in [2.24, 2.45) is 5.92 Å². The van der Waals surface area contributed by atoms with Gasteiger partial charge in [-0.15, -0.1) is 0 Å². The molecule has 0 aliphatic rings. The van der Waals surface area contributed by atoms with E-state index in [1.807, 2.05) is 18.2 Å². The summed E-state index contributed by atoms with van der Waals surface area (Å²) in [6.07, 6.45) is 3.65. The molecule has 2 unspecified atom stereocenters. The van der Waals surface area contributed by atoms with Crippen molar-refractivity contribution in [3.63, 3.8) is 0 Å². The average Bonchev–Trinajstić information content (AvgIpc) is 2.91. The summed E-state index contributed by atoms with van der Waals surface area (Å²) in [4.78, 5) is 23.8. The Hall–Kier alpha value is -2.30. The molecule has 5 heteroatoms. The molecule has 0 fully saturated rings. The summed E-state index contributed by atoms with van der Waals surface area (Å²) in [7, 11) is 1.31. The SMILES string of the molecule is CCCC(C)CC(C(=O)O)c1cn(C(=O)OC)c2ccccc12. The number of nitrogens with zero attached hydrogens (tertiary/aromatic N) is 1. The quantitative estimate of drug-likeness (QED) is 0.864. The first kappa shape index (κ1) is 17.1. The molecule has 1 aromatic heterocycles. The molecule has 2 rings (SSSR count). The third-order valence-corrected chi connectivity index (χ3v) is 4.21. The van der Waals surface area contributed by atoms with Gasteiger partial charge in [-0.25, -0.2) is 4.79 Å². The number of fused-ring (bicyclic) bond motifs is 1. The number of carboxylic acid groups (broad SMARTS) is 1. The number of benzene rings is 1. The standard InChI is InChI=1S/C18H23NO4/c1-4-7-12(2)10-14(17(20)21)15-11-19(18(22)23-3)16-9-6-5-8-13(15)16/h5-6,8-9,11-12,14H,4,7,10H2,1-3H3,(H,20,21). The Labute approximate surface area is 135 Å². The maximum atomic E-state index is 12.0. The number of para-hydroxylation sites is 1. The van der Waals surface area contributed by atoms with Crippen molar-refractivity contribution in [3.05, 3.63) is 36.0 Å². The highest BCUT2D eigenvalue weighted by Gasteiger charge is 2.27. The number of aromatic nitrogens is 1. The van der Waals surface area contributed by atoms with Gasteiger partial charge in [0.15, 0.2) is 0 Å². The highest BCUT2D eigenvalue weighted by molar-refractivity contribution is 5.95. The molecule has 0 aliphatic heterocycles. The molecule has 0 aliphatic carbocycles. The maximum Gasteiger partial charge on any atom is 0.418 e. The average molecular weight is 317 g/mol. The molecule has 2 aromatic rings. The Morgan fingerprint density at radius 3 is 2.61 bits per heavy atom. The van der Waals surface area contributed by atoms with E-state index in [-0.39, 0.29) is 0 Å². The molecular weight excluding hydrogens is 294 g/mol. The Morgan fingerprint density at radius 2 is 2.00 bits per heavy atom. The summed E-state index contributed by atoms with van der Waals surface area (Å²) in [6, 6.07) is 7.32. The molecule has 124 valence electrons. The molecule has 2 atom stereocenters. The van der Waals surface area contributed by atoms with Crippen LogP contribution < -0.4 is 0 Å². The highest BCUT2D eigenvalue weighted by Crippen LogP contribution is 2.33. The molecular formula is C18H23NO4. The van der Waals surface area contributed by atoms with Gasteiger partial charge in [-0.2, -0.15) is 0 Å². The van der Waals surface area contributed by atoms with Gasteiger partial charge in [-0.05, 0) is 24.0 Å². The molecule has 1 heterocycles. The van der Waals surface area contributed by atoms with E-state index in [1.165, 1.54) is 11.7 Å². The van der Waals surface area contributed by atoms with Gasteiger partial charge < -0.3 is 9.84 Å². The smallest absolute Gasteiger partial charge is 0.418 e. The summed E-state index contributed by atoms with van der Waals surface area (Å²) in [5, 5.41) is 10.5. The summed E-state index contributed by atoms with van der Waals surface area (Å²) in [6.45, 7) is 4.16. The fourth-order valence-electron chi connectivity index (χ4n) is 3.11. The Bertz CT molecular complexity index is 704. The number of carboxylic acids is 1. The lowest BCUT2D eigenvalue weighted by Gasteiger charge is -2.16. The van der Waals surface area contributed by atoms with Crippen LogP contribution >= 0.6 is 0 Å². The normalized spacial score (nSPS) is 13.7. The van der Waals surface area contributed by atoms with Crippen molar-refractivity contribution in [1.29, 1.82) is 0 Å². The molecule has 0 bridgehead atoms. The van der Waals surface area contributed by atoms with Gasteiger partial charge in [0.1, 0.15) is 0 Å². The van der Waals surface area contributed by atoms with Crippen LogP contribution in [0.25, 0.3) is 10.9 Å². The highest BCUT2D eigenvalue weighted by atomic mass is 16.5. The Morgan fingerprint density at radius 1 is 1.30 bits per heavy atom. The second kappa shape index (κ2) is 7.31. The number of rotatable bonds is 6. The van der Waals surface area contributed by atoms with Gasteiger partial charge in [-0.3, -0.25) is 9.36 Å². The zero-order valence-corrected chi connectivity index (χ0v) is 13.8. The van der Waals surface area contributed by atoms with Gasteiger partial charge in [0, 0.05) is 11.6 Å². The van der Waals surface area contributed by atoms with Crippen LogP contribution in [0.4, 0.5) is 4.79 Å². The van der Waals surface area contributed by atoms with E-state index in [2.05, 4.69) is 13.8 Å². The first-order chi connectivity index (χ1) is 11.0. The van der Waals surface area contributed by atoms with Crippen LogP contribution in [0, 0.1) is 5.92 Å². The zero-order chi connectivity index (χ0) is 17.0. The zero-order valence-electron chi connectivity index (χ0n) is 13.8. The van der Waals surface area contributed by atoms with Gasteiger partial charge in [0.2, 0.25) is 0 Å². The lowest BCUT2D eigenvalue weighted by atomic mass is 9.87. The van der Waals surface area contributed by atoms with E-state index >= 15 is 0 Å². The second-order valence-corrected chi connectivity index (χ2v) is 5.96. The number of aliphatic carboxylic acids is 1. The molecule has 0 saturated heterocycles. The third-order valence-electron chi connectivity index (χ3n) is 4.21. The van der Waals surface area contributed by atoms with Crippen molar-refractivity contribution in [1.82, 2.24) is 4.57 Å². The van der Waals surface area contributed by atoms with Crippen LogP contribution in [-0.4, -0.2) is 28.8 Å². The minimum Gasteiger partial charge on any atom is -0.481 e. The first-order valence-electron chi connectivity index (χ1n) is 7.90. The van der Waals surface area contributed by atoms with Crippen molar-refractivity contribution in [2.75, 3.05) is 7.11 Å². The first-order valence-corrected chi connectivity index (χ1v) is 7.90. The molecule has 1 N–H and O–H groups in total. The minimum atomic E-state index is -0.860. The molecule has 0 saturated carbocycles. The predicted molar refractivity (Wildman–Crippen MR) is 88.8 cm³/mol. The molecule has 0 radical (unpaired) electrons. The Balaban J connectivity index is 2.51. The van der Waals surface area contributed by atoms with Gasteiger partial charge >= 0.3 is 12.1 Å². The molecule has 23 heavy (non-hydrogen) atoms. The second-order valence-electron chi connectivity index (χ2n) is 5.96. The van der Waals surface area contributed by atoms with Crippen LogP contribution in [0.1, 0.15) is 44.6 Å². The number of ether oxygens (including phenoxy) is 1. The van der Waals surface area contributed by atoms with E-state index in [9.17, 15) is 14.7 Å². The summed E-state index contributed by atoms with van der Waals surface area (Å²) in [5.74, 6) is -1.19. The summed E-state index contributed by atoms with van der Waals surface area (Å²) < 4.78 is 6.17. The van der Waals surface area contributed by atoms with E-state index in [0.717, 1.165) is 18.2 Å². The van der Waals surface area contributed by atoms with Crippen molar-refractivity contribution in [3.8, 4) is 0 Å². The summed E-state index contributed by atoms with van der Waals surface area (Å²) >= 11 is 0. The number of carbonyl (C=O) groups is 2. The molecule has 0 amide bonds. The van der Waals surface area contributed by atoms with E-state index in [0.29, 0.717) is 23.4 Å². The van der Waals surface area contributed by atoms with Crippen molar-refractivity contribution >= 4 is 23.0 Å². The minimum absolute atomic E-state index is 0.307. The van der Waals surface area contributed by atoms with E-state index in [1.54, 1.807) is 12.3 Å². The third kappa shape index (κ3) is 3.55. The van der Waals surface area contributed by atoms with Gasteiger partial charge in [-0.1, -0.05) is 44.9 Å². The van der Waals surface area contributed by atoms with Crippen LogP contribution in [0.15, 0.2) is 30.5 Å². The van der Waals surface area contributed by atoms with Crippen LogP contribution in [-0.2, 0) is 9.53 Å². The maximum absolute atomic E-state index is 12.0. The van der Waals surface area contributed by atoms with Crippen LogP contribution in [0.3, 0.4) is 0 Å². The summed E-state index contributed by atoms with van der Waals surface area (Å²) in [5.41, 5.74) is 1.34.